The van der Waals surface area contributed by atoms with E-state index in [0.717, 1.165) is 6.61 Å². The molecule has 0 aliphatic heterocycles. The maximum atomic E-state index is 6.35. The molecule has 0 bridgehead atoms. The van der Waals surface area contributed by atoms with Gasteiger partial charge in [-0.1, -0.05) is 41.5 Å². The number of rotatable bonds is 24. The molecule has 0 aromatic carbocycles. The summed E-state index contributed by atoms with van der Waals surface area (Å²) >= 11 is 0. The van der Waals surface area contributed by atoms with Crippen molar-refractivity contribution in [2.45, 2.75) is 112 Å². The Labute approximate surface area is 204 Å². The van der Waals surface area contributed by atoms with Crippen LogP contribution in [0.4, 0.5) is 0 Å². The molecule has 194 valence electrons. The summed E-state index contributed by atoms with van der Waals surface area (Å²) in [4.78, 5) is 8.12. The lowest BCUT2D eigenvalue weighted by Gasteiger charge is -2.31. The van der Waals surface area contributed by atoms with Crippen LogP contribution in [0, 0.1) is 0 Å². The van der Waals surface area contributed by atoms with Crippen molar-refractivity contribution in [1.82, 2.24) is 14.7 Å². The van der Waals surface area contributed by atoms with Gasteiger partial charge in [0.2, 0.25) is 0 Å². The van der Waals surface area contributed by atoms with Crippen LogP contribution in [0.3, 0.4) is 0 Å². The van der Waals surface area contributed by atoms with E-state index in [4.69, 9.17) is 4.43 Å². The van der Waals surface area contributed by atoms with Crippen LogP contribution < -0.4 is 0 Å². The highest BCUT2D eigenvalue weighted by molar-refractivity contribution is 6.73. The zero-order valence-corrected chi connectivity index (χ0v) is 24.4. The normalized spacial score (nSPS) is 12.6. The second-order valence-corrected chi connectivity index (χ2v) is 14.2. The fourth-order valence-corrected chi connectivity index (χ4v) is 8.29. The van der Waals surface area contributed by atoms with Gasteiger partial charge in [-0.3, -0.25) is 0 Å². The zero-order chi connectivity index (χ0) is 24.1. The van der Waals surface area contributed by atoms with E-state index in [0.29, 0.717) is 0 Å². The number of nitrogens with zero attached hydrogens (tertiary/aromatic N) is 3. The maximum absolute atomic E-state index is 6.35. The van der Waals surface area contributed by atoms with Gasteiger partial charge in [0, 0.05) is 6.61 Å². The SMILES string of the molecule is CCCN(CCC)CCCN(CCCN(CCC)CCC)CCC[Si](CC)(CC)OCC. The summed E-state index contributed by atoms with van der Waals surface area (Å²) in [6.45, 7) is 28.3. The van der Waals surface area contributed by atoms with E-state index in [1.807, 2.05) is 0 Å². The van der Waals surface area contributed by atoms with Crippen LogP contribution in [0.15, 0.2) is 0 Å². The summed E-state index contributed by atoms with van der Waals surface area (Å²) < 4.78 is 6.35. The van der Waals surface area contributed by atoms with Crippen molar-refractivity contribution >= 4 is 8.32 Å². The van der Waals surface area contributed by atoms with E-state index in [1.54, 1.807) is 0 Å². The Morgan fingerprint density at radius 1 is 0.469 bits per heavy atom. The van der Waals surface area contributed by atoms with Crippen LogP contribution in [0.1, 0.15) is 93.4 Å². The molecule has 0 aliphatic carbocycles. The van der Waals surface area contributed by atoms with Crippen LogP contribution in [0.2, 0.25) is 18.1 Å². The highest BCUT2D eigenvalue weighted by Crippen LogP contribution is 2.24. The molecule has 0 amide bonds. The minimum Gasteiger partial charge on any atom is -0.417 e. The van der Waals surface area contributed by atoms with Crippen LogP contribution >= 0.6 is 0 Å². The summed E-state index contributed by atoms with van der Waals surface area (Å²) in [5, 5.41) is 0. The third-order valence-electron chi connectivity index (χ3n) is 6.90. The van der Waals surface area contributed by atoms with Crippen molar-refractivity contribution in [3.63, 3.8) is 0 Å². The van der Waals surface area contributed by atoms with E-state index >= 15 is 0 Å². The first-order valence-corrected chi connectivity index (χ1v) is 16.9. The van der Waals surface area contributed by atoms with Crippen molar-refractivity contribution in [2.75, 3.05) is 65.5 Å². The number of hydrogen-bond donors (Lipinski definition) is 0. The quantitative estimate of drug-likeness (QED) is 0.145. The van der Waals surface area contributed by atoms with Gasteiger partial charge in [0.25, 0.3) is 0 Å². The molecule has 0 aromatic rings. The van der Waals surface area contributed by atoms with Gasteiger partial charge in [0.1, 0.15) is 0 Å². The lowest BCUT2D eigenvalue weighted by atomic mass is 10.2. The Morgan fingerprint density at radius 2 is 0.812 bits per heavy atom. The maximum Gasteiger partial charge on any atom is 0.192 e. The second-order valence-electron chi connectivity index (χ2n) is 9.66. The molecule has 5 heteroatoms. The third-order valence-corrected chi connectivity index (χ3v) is 11.6. The molecule has 0 saturated carbocycles. The standard InChI is InChI=1S/C27H61N3OSi/c1-8-18-28(19-9-2)22-15-24-30(25-16-23-29(20-10-3)21-11-4)26-17-27-32(13-6,14-7)31-12-5/h8-27H2,1-7H3. The molecule has 0 spiro atoms. The Morgan fingerprint density at radius 3 is 1.12 bits per heavy atom. The van der Waals surface area contributed by atoms with Crippen LogP contribution in [-0.2, 0) is 4.43 Å². The average molecular weight is 472 g/mol. The molecule has 0 saturated heterocycles. The average Bonchev–Trinajstić information content (AvgIpc) is 2.78. The van der Waals surface area contributed by atoms with Crippen LogP contribution in [0.5, 0.6) is 0 Å². The van der Waals surface area contributed by atoms with Crippen molar-refractivity contribution < 1.29 is 4.43 Å². The van der Waals surface area contributed by atoms with Crippen LogP contribution in [0.25, 0.3) is 0 Å². The van der Waals surface area contributed by atoms with Crippen LogP contribution in [-0.4, -0.2) is 88.5 Å². The van der Waals surface area contributed by atoms with Gasteiger partial charge in [0.05, 0.1) is 0 Å². The van der Waals surface area contributed by atoms with E-state index in [-0.39, 0.29) is 0 Å². The molecule has 0 rings (SSSR count). The third kappa shape index (κ3) is 15.1. The van der Waals surface area contributed by atoms with E-state index < -0.39 is 8.32 Å². The predicted octanol–water partition coefficient (Wildman–Crippen LogP) is 6.72. The second kappa shape index (κ2) is 21.6. The van der Waals surface area contributed by atoms with Gasteiger partial charge in [-0.15, -0.1) is 0 Å². The smallest absolute Gasteiger partial charge is 0.192 e. The van der Waals surface area contributed by atoms with Gasteiger partial charge in [0.15, 0.2) is 8.32 Å². The van der Waals surface area contributed by atoms with Crippen molar-refractivity contribution in [1.29, 1.82) is 0 Å². The molecular weight excluding hydrogens is 410 g/mol. The molecule has 0 radical (unpaired) electrons. The minimum absolute atomic E-state index is 0.896. The summed E-state index contributed by atoms with van der Waals surface area (Å²) in [7, 11) is -1.49. The molecular formula is C27H61N3OSi. The molecule has 0 N–H and O–H groups in total. The van der Waals surface area contributed by atoms with Gasteiger partial charge < -0.3 is 19.1 Å². The first kappa shape index (κ1) is 32.1. The highest BCUT2D eigenvalue weighted by atomic mass is 28.4. The zero-order valence-electron chi connectivity index (χ0n) is 23.4. The molecule has 4 nitrogen and oxygen atoms in total. The van der Waals surface area contributed by atoms with Crippen molar-refractivity contribution in [2.24, 2.45) is 0 Å². The Hall–Kier alpha value is 0.0569. The molecule has 0 fully saturated rings. The van der Waals surface area contributed by atoms with E-state index in [1.165, 1.54) is 122 Å². The fourth-order valence-electron chi connectivity index (χ4n) is 5.12. The van der Waals surface area contributed by atoms with Gasteiger partial charge in [-0.2, -0.15) is 0 Å². The Bertz CT molecular complexity index is 359. The monoisotopic (exact) mass is 471 g/mol. The minimum atomic E-state index is -1.49. The highest BCUT2D eigenvalue weighted by Gasteiger charge is 2.29. The summed E-state index contributed by atoms with van der Waals surface area (Å²) in [6, 6.07) is 3.87. The Balaban J connectivity index is 4.75. The number of hydrogen-bond acceptors (Lipinski definition) is 4. The molecule has 32 heavy (non-hydrogen) atoms. The summed E-state index contributed by atoms with van der Waals surface area (Å²) in [5.74, 6) is 0. The lowest BCUT2D eigenvalue weighted by Crippen LogP contribution is -2.38. The molecule has 0 unspecified atom stereocenters. The first-order valence-electron chi connectivity index (χ1n) is 14.3. The van der Waals surface area contributed by atoms with Gasteiger partial charge >= 0.3 is 0 Å². The lowest BCUT2D eigenvalue weighted by molar-refractivity contribution is 0.206. The first-order chi connectivity index (χ1) is 15.5. The summed E-state index contributed by atoms with van der Waals surface area (Å²) in [5.41, 5.74) is 0. The molecule has 0 heterocycles. The van der Waals surface area contributed by atoms with Crippen molar-refractivity contribution in [3.8, 4) is 0 Å². The fraction of sp³-hybridized carbons (Fsp3) is 1.00. The van der Waals surface area contributed by atoms with E-state index in [2.05, 4.69) is 63.2 Å². The largest absolute Gasteiger partial charge is 0.417 e. The topological polar surface area (TPSA) is 19.0 Å². The Kier molecular flexibility index (Phi) is 21.6. The van der Waals surface area contributed by atoms with Gasteiger partial charge in [-0.25, -0.2) is 0 Å². The van der Waals surface area contributed by atoms with Crippen molar-refractivity contribution in [3.05, 3.63) is 0 Å². The molecule has 0 aliphatic rings. The summed E-state index contributed by atoms with van der Waals surface area (Å²) in [6.07, 6.45) is 9.01. The van der Waals surface area contributed by atoms with E-state index in [9.17, 15) is 0 Å². The molecule has 0 aromatic heterocycles. The predicted molar refractivity (Wildman–Crippen MR) is 147 cm³/mol. The van der Waals surface area contributed by atoms with Gasteiger partial charge in [-0.05, 0) is 129 Å². The molecule has 0 atom stereocenters.